The first kappa shape index (κ1) is 11.1. The van der Waals surface area contributed by atoms with Gasteiger partial charge in [0.05, 0.1) is 11.1 Å². The number of carboxylic acid groups (broad SMARTS) is 2. The fraction of sp³-hybridized carbons (Fsp3) is 0. The second-order valence-electron chi connectivity index (χ2n) is 2.77. The summed E-state index contributed by atoms with van der Waals surface area (Å²) < 4.78 is 0. The zero-order chi connectivity index (χ0) is 11.6. The number of carboxylic acids is 2. The molecule has 0 aromatic heterocycles. The van der Waals surface area contributed by atoms with Crippen molar-refractivity contribution in [3.8, 4) is 0 Å². The van der Waals surface area contributed by atoms with Crippen LogP contribution in [-0.2, 0) is 0 Å². The molecule has 6 heteroatoms. The van der Waals surface area contributed by atoms with E-state index >= 15 is 0 Å². The van der Waals surface area contributed by atoms with E-state index in [-0.39, 0.29) is 21.7 Å². The Morgan fingerprint density at radius 1 is 1.00 bits per heavy atom. The Labute approximate surface area is 90.1 Å². The van der Waals surface area contributed by atoms with E-state index in [2.05, 4.69) is 12.2 Å². The van der Waals surface area contributed by atoms with Gasteiger partial charge in [-0.1, -0.05) is 12.2 Å². The highest BCUT2D eigenvalue weighted by Gasteiger charge is 2.12. The molecule has 0 aliphatic carbocycles. The Balaban J connectivity index is 3.39. The van der Waals surface area contributed by atoms with Crippen LogP contribution in [0.3, 0.4) is 0 Å². The third-order valence-corrected chi connectivity index (χ3v) is 1.95. The molecular weight excluding hydrogens is 218 g/mol. The van der Waals surface area contributed by atoms with Crippen LogP contribution in [0.15, 0.2) is 18.2 Å². The first-order valence-corrected chi connectivity index (χ1v) is 4.24. The molecule has 0 fully saturated rings. The zero-order valence-electron chi connectivity index (χ0n) is 7.43. The average Bonchev–Trinajstić information content (AvgIpc) is 2.16. The number of carbonyl (C=O) groups is 2. The van der Waals surface area contributed by atoms with E-state index in [0.717, 1.165) is 6.07 Å². The van der Waals surface area contributed by atoms with Crippen molar-refractivity contribution in [2.24, 2.45) is 5.73 Å². The number of aromatic carboxylic acids is 2. The first-order chi connectivity index (χ1) is 6.91. The Hall–Kier alpha value is -1.95. The lowest BCUT2D eigenvalue weighted by Gasteiger charge is -2.03. The largest absolute Gasteiger partial charge is 0.478 e. The minimum absolute atomic E-state index is 0.0411. The minimum Gasteiger partial charge on any atom is -0.478 e. The standard InChI is InChI=1S/C9H7NO4S/c10-7(15)4-1-5(8(11)12)3-6(2-4)9(13)14/h1-3H,(H2,10,15)(H,11,12)(H,13,14). The van der Waals surface area contributed by atoms with Crippen LogP contribution in [0, 0.1) is 0 Å². The summed E-state index contributed by atoms with van der Waals surface area (Å²) in [6, 6.07) is 3.51. The van der Waals surface area contributed by atoms with Crippen molar-refractivity contribution in [3.05, 3.63) is 34.9 Å². The second-order valence-corrected chi connectivity index (χ2v) is 3.21. The third kappa shape index (κ3) is 2.50. The first-order valence-electron chi connectivity index (χ1n) is 3.83. The lowest BCUT2D eigenvalue weighted by atomic mass is 10.1. The van der Waals surface area contributed by atoms with Crippen LogP contribution < -0.4 is 5.73 Å². The van der Waals surface area contributed by atoms with Crippen LogP contribution >= 0.6 is 12.2 Å². The highest BCUT2D eigenvalue weighted by atomic mass is 32.1. The van der Waals surface area contributed by atoms with Crippen molar-refractivity contribution in [2.45, 2.75) is 0 Å². The van der Waals surface area contributed by atoms with Gasteiger partial charge in [-0.05, 0) is 18.2 Å². The van der Waals surface area contributed by atoms with Gasteiger partial charge in [-0.25, -0.2) is 9.59 Å². The lowest BCUT2D eigenvalue weighted by Crippen LogP contribution is -2.12. The van der Waals surface area contributed by atoms with E-state index in [1.807, 2.05) is 0 Å². The molecule has 0 saturated heterocycles. The van der Waals surface area contributed by atoms with Crippen molar-refractivity contribution in [3.63, 3.8) is 0 Å². The predicted octanol–water partition coefficient (Wildman–Crippen LogP) is 0.717. The summed E-state index contributed by atoms with van der Waals surface area (Å²) in [6.07, 6.45) is 0. The van der Waals surface area contributed by atoms with E-state index in [4.69, 9.17) is 15.9 Å². The maximum Gasteiger partial charge on any atom is 0.335 e. The van der Waals surface area contributed by atoms with Gasteiger partial charge in [0.2, 0.25) is 0 Å². The molecule has 5 nitrogen and oxygen atoms in total. The summed E-state index contributed by atoms with van der Waals surface area (Å²) in [6.45, 7) is 0. The van der Waals surface area contributed by atoms with Crippen LogP contribution in [0.4, 0.5) is 0 Å². The fourth-order valence-corrected chi connectivity index (χ4v) is 1.13. The maximum atomic E-state index is 10.7. The molecule has 78 valence electrons. The number of benzene rings is 1. The maximum absolute atomic E-state index is 10.7. The van der Waals surface area contributed by atoms with Crippen molar-refractivity contribution < 1.29 is 19.8 Å². The van der Waals surface area contributed by atoms with Gasteiger partial charge in [0.15, 0.2) is 0 Å². The van der Waals surface area contributed by atoms with Crippen molar-refractivity contribution in [2.75, 3.05) is 0 Å². The quantitative estimate of drug-likeness (QED) is 0.655. The molecular formula is C9H7NO4S. The van der Waals surface area contributed by atoms with Gasteiger partial charge in [-0.3, -0.25) is 0 Å². The molecule has 0 heterocycles. The average molecular weight is 225 g/mol. The summed E-state index contributed by atoms with van der Waals surface area (Å²) in [5.74, 6) is -2.45. The summed E-state index contributed by atoms with van der Waals surface area (Å²) in [5, 5.41) is 17.4. The summed E-state index contributed by atoms with van der Waals surface area (Å²) >= 11 is 4.65. The van der Waals surface area contributed by atoms with Gasteiger partial charge in [-0.15, -0.1) is 0 Å². The number of thiocarbonyl (C=S) groups is 1. The smallest absolute Gasteiger partial charge is 0.335 e. The van der Waals surface area contributed by atoms with E-state index in [0.29, 0.717) is 0 Å². The summed E-state index contributed by atoms with van der Waals surface area (Å²) in [7, 11) is 0. The number of hydrogen-bond donors (Lipinski definition) is 3. The van der Waals surface area contributed by atoms with E-state index in [1.54, 1.807) is 0 Å². The van der Waals surface area contributed by atoms with Crippen LogP contribution in [-0.4, -0.2) is 27.1 Å². The zero-order valence-corrected chi connectivity index (χ0v) is 8.25. The molecule has 0 radical (unpaired) electrons. The SMILES string of the molecule is NC(=S)c1cc(C(=O)O)cc(C(=O)O)c1. The Kier molecular flexibility index (Phi) is 3.01. The lowest BCUT2D eigenvalue weighted by molar-refractivity contribution is 0.0696. The van der Waals surface area contributed by atoms with Gasteiger partial charge >= 0.3 is 11.9 Å². The molecule has 15 heavy (non-hydrogen) atoms. The highest BCUT2D eigenvalue weighted by Crippen LogP contribution is 2.11. The molecule has 4 N–H and O–H groups in total. The molecule has 1 aromatic rings. The molecule has 0 aliphatic heterocycles. The molecule has 0 bridgehead atoms. The summed E-state index contributed by atoms with van der Waals surface area (Å²) in [5.41, 5.74) is 5.21. The van der Waals surface area contributed by atoms with Crippen molar-refractivity contribution >= 4 is 29.1 Å². The Morgan fingerprint density at radius 3 is 1.60 bits per heavy atom. The molecule has 1 rings (SSSR count). The van der Waals surface area contributed by atoms with Gasteiger partial charge < -0.3 is 15.9 Å². The third-order valence-electron chi connectivity index (χ3n) is 1.71. The van der Waals surface area contributed by atoms with Crippen LogP contribution in [0.5, 0.6) is 0 Å². The van der Waals surface area contributed by atoms with Gasteiger partial charge in [0, 0.05) is 5.56 Å². The van der Waals surface area contributed by atoms with Crippen molar-refractivity contribution in [1.29, 1.82) is 0 Å². The molecule has 0 atom stereocenters. The fourth-order valence-electron chi connectivity index (χ4n) is 1.02. The highest BCUT2D eigenvalue weighted by molar-refractivity contribution is 7.80. The molecule has 0 spiro atoms. The Morgan fingerprint density at radius 2 is 1.33 bits per heavy atom. The van der Waals surface area contributed by atoms with Crippen LogP contribution in [0.2, 0.25) is 0 Å². The van der Waals surface area contributed by atoms with Gasteiger partial charge in [0.25, 0.3) is 0 Å². The number of nitrogens with two attached hydrogens (primary N) is 1. The van der Waals surface area contributed by atoms with E-state index < -0.39 is 11.9 Å². The predicted molar refractivity (Wildman–Crippen MR) is 56.2 cm³/mol. The van der Waals surface area contributed by atoms with Crippen LogP contribution in [0.25, 0.3) is 0 Å². The van der Waals surface area contributed by atoms with E-state index in [1.165, 1.54) is 12.1 Å². The molecule has 0 unspecified atom stereocenters. The molecule has 0 amide bonds. The number of rotatable bonds is 3. The van der Waals surface area contributed by atoms with Crippen molar-refractivity contribution in [1.82, 2.24) is 0 Å². The monoisotopic (exact) mass is 225 g/mol. The number of hydrogen-bond acceptors (Lipinski definition) is 3. The second kappa shape index (κ2) is 4.05. The minimum atomic E-state index is -1.23. The van der Waals surface area contributed by atoms with Gasteiger partial charge in [-0.2, -0.15) is 0 Å². The topological polar surface area (TPSA) is 101 Å². The molecule has 0 saturated carbocycles. The molecule has 1 aromatic carbocycles. The molecule has 0 aliphatic rings. The summed E-state index contributed by atoms with van der Waals surface area (Å²) in [4.78, 5) is 21.3. The normalized spacial score (nSPS) is 9.60. The Bertz CT molecular complexity index is 376. The van der Waals surface area contributed by atoms with Crippen LogP contribution in [0.1, 0.15) is 26.3 Å². The van der Waals surface area contributed by atoms with E-state index in [9.17, 15) is 9.59 Å². The van der Waals surface area contributed by atoms with Gasteiger partial charge in [0.1, 0.15) is 4.99 Å².